The molecule has 0 amide bonds. The molecule has 0 aliphatic heterocycles. The van der Waals surface area contributed by atoms with Gasteiger partial charge >= 0.3 is 0 Å². The van der Waals surface area contributed by atoms with E-state index in [4.69, 9.17) is 0 Å². The zero-order chi connectivity index (χ0) is 20.7. The number of nitrogens with one attached hydrogen (secondary N) is 1. The predicted molar refractivity (Wildman–Crippen MR) is 128 cm³/mol. The van der Waals surface area contributed by atoms with Crippen molar-refractivity contribution in [2.24, 2.45) is 5.92 Å². The van der Waals surface area contributed by atoms with Crippen LogP contribution in [0.5, 0.6) is 0 Å². The number of rotatable bonds is 15. The van der Waals surface area contributed by atoms with Crippen LogP contribution in [0, 0.1) is 5.92 Å². The van der Waals surface area contributed by atoms with Gasteiger partial charge in [0, 0.05) is 23.2 Å². The Morgan fingerprint density at radius 1 is 0.963 bits per heavy atom. The van der Waals surface area contributed by atoms with Crippen molar-refractivity contribution in [1.82, 2.24) is 5.32 Å². The van der Waals surface area contributed by atoms with Gasteiger partial charge in [-0.05, 0) is 72.6 Å². The molecule has 0 saturated heterocycles. The Hall–Kier alpha value is -1.15. The zero-order valence-electron chi connectivity index (χ0n) is 18.7. The Balaban J connectivity index is 3.97. The van der Waals surface area contributed by atoms with Gasteiger partial charge in [-0.1, -0.05) is 54.5 Å². The molecule has 0 radical (unpaired) electrons. The Kier molecular flexibility index (Phi) is 15.2. The maximum absolute atomic E-state index is 4.16. The average molecular weight is 390 g/mol. The molecule has 0 saturated carbocycles. The molecule has 2 unspecified atom stereocenters. The highest BCUT2D eigenvalue weighted by atomic mass is 32.2. The molecule has 0 rings (SSSR count). The molecule has 1 N–H and O–H groups in total. The van der Waals surface area contributed by atoms with Crippen LogP contribution in [0.15, 0.2) is 59.9 Å². The fourth-order valence-corrected chi connectivity index (χ4v) is 3.65. The first-order valence-corrected chi connectivity index (χ1v) is 11.5. The highest BCUT2D eigenvalue weighted by Crippen LogP contribution is 2.14. The molecule has 0 aromatic rings. The van der Waals surface area contributed by atoms with Crippen molar-refractivity contribution in [1.29, 1.82) is 0 Å². The Labute approximate surface area is 174 Å². The minimum atomic E-state index is 0.454. The van der Waals surface area contributed by atoms with E-state index in [-0.39, 0.29) is 0 Å². The first kappa shape index (κ1) is 25.9. The molecule has 27 heavy (non-hydrogen) atoms. The number of hydrogen-bond donors (Lipinski definition) is 1. The van der Waals surface area contributed by atoms with Crippen LogP contribution in [0.2, 0.25) is 0 Å². The normalized spacial score (nSPS) is 14.4. The van der Waals surface area contributed by atoms with Crippen LogP contribution >= 0.6 is 11.8 Å². The first-order chi connectivity index (χ1) is 12.8. The topological polar surface area (TPSA) is 12.0 Å². The van der Waals surface area contributed by atoms with Crippen molar-refractivity contribution in [2.75, 3.05) is 11.5 Å². The molecule has 2 atom stereocenters. The van der Waals surface area contributed by atoms with Crippen molar-refractivity contribution in [2.45, 2.75) is 79.7 Å². The smallest absolute Gasteiger partial charge is 0.0320 e. The second-order valence-electron chi connectivity index (χ2n) is 7.99. The van der Waals surface area contributed by atoms with Crippen LogP contribution in [0.3, 0.4) is 0 Å². The second kappa shape index (κ2) is 15.9. The van der Waals surface area contributed by atoms with Crippen LogP contribution in [0.1, 0.15) is 73.6 Å². The summed E-state index contributed by atoms with van der Waals surface area (Å²) < 4.78 is 0. The molecule has 0 heterocycles. The van der Waals surface area contributed by atoms with Crippen molar-refractivity contribution in [3.05, 3.63) is 59.9 Å². The minimum Gasteiger partial charge on any atom is -0.385 e. The van der Waals surface area contributed by atoms with Crippen LogP contribution in [-0.4, -0.2) is 17.5 Å². The summed E-state index contributed by atoms with van der Waals surface area (Å²) >= 11 is 1.99. The van der Waals surface area contributed by atoms with Gasteiger partial charge in [0.05, 0.1) is 0 Å². The highest BCUT2D eigenvalue weighted by molar-refractivity contribution is 7.99. The molecule has 0 aliphatic carbocycles. The van der Waals surface area contributed by atoms with Gasteiger partial charge in [0.25, 0.3) is 0 Å². The van der Waals surface area contributed by atoms with Gasteiger partial charge in [0.15, 0.2) is 0 Å². The van der Waals surface area contributed by atoms with E-state index in [9.17, 15) is 0 Å². The van der Waals surface area contributed by atoms with E-state index in [1.807, 2.05) is 17.8 Å². The summed E-state index contributed by atoms with van der Waals surface area (Å²) in [4.78, 5) is 0. The lowest BCUT2D eigenvalue weighted by Gasteiger charge is -2.20. The van der Waals surface area contributed by atoms with E-state index in [0.717, 1.165) is 30.0 Å². The quantitative estimate of drug-likeness (QED) is 0.226. The van der Waals surface area contributed by atoms with E-state index >= 15 is 0 Å². The Bertz CT molecular complexity index is 520. The second-order valence-corrected chi connectivity index (χ2v) is 9.07. The molecule has 0 aromatic carbocycles. The van der Waals surface area contributed by atoms with E-state index in [2.05, 4.69) is 78.2 Å². The fourth-order valence-electron chi connectivity index (χ4n) is 2.68. The van der Waals surface area contributed by atoms with Gasteiger partial charge in [0.2, 0.25) is 0 Å². The molecular weight excluding hydrogens is 346 g/mol. The summed E-state index contributed by atoms with van der Waals surface area (Å²) in [6.07, 6.45) is 14.7. The van der Waals surface area contributed by atoms with E-state index in [0.29, 0.717) is 12.0 Å². The Morgan fingerprint density at radius 2 is 1.56 bits per heavy atom. The van der Waals surface area contributed by atoms with Gasteiger partial charge in [-0.15, -0.1) is 6.58 Å². The van der Waals surface area contributed by atoms with Crippen molar-refractivity contribution >= 4 is 11.8 Å². The Morgan fingerprint density at radius 3 is 2.15 bits per heavy atom. The van der Waals surface area contributed by atoms with Crippen molar-refractivity contribution in [3.63, 3.8) is 0 Å². The van der Waals surface area contributed by atoms with Crippen molar-refractivity contribution in [3.8, 4) is 0 Å². The zero-order valence-corrected chi connectivity index (χ0v) is 19.6. The SMILES string of the molecule is C=CCC(C)C(=C)NC(C)CSC/C=C(\C)CC/C=C(\C)CCC=C(C)C. The molecule has 2 heteroatoms. The summed E-state index contributed by atoms with van der Waals surface area (Å²) in [5.41, 5.74) is 5.56. The average Bonchev–Trinajstić information content (AvgIpc) is 2.58. The lowest BCUT2D eigenvalue weighted by molar-refractivity contribution is 0.571. The van der Waals surface area contributed by atoms with E-state index in [1.54, 1.807) is 0 Å². The predicted octanol–water partition coefficient (Wildman–Crippen LogP) is 7.84. The molecular formula is C25H43NS. The number of hydrogen-bond acceptors (Lipinski definition) is 2. The van der Waals surface area contributed by atoms with Gasteiger partial charge < -0.3 is 5.32 Å². The molecule has 0 spiro atoms. The maximum Gasteiger partial charge on any atom is 0.0320 e. The molecule has 0 aliphatic rings. The molecule has 0 aromatic heterocycles. The molecule has 0 bridgehead atoms. The highest BCUT2D eigenvalue weighted by Gasteiger charge is 2.08. The monoisotopic (exact) mass is 389 g/mol. The third kappa shape index (κ3) is 15.6. The summed E-state index contributed by atoms with van der Waals surface area (Å²) in [6.45, 7) is 21.2. The molecule has 1 nitrogen and oxygen atoms in total. The third-order valence-corrected chi connectivity index (χ3v) is 5.73. The van der Waals surface area contributed by atoms with Crippen LogP contribution in [-0.2, 0) is 0 Å². The third-order valence-electron chi connectivity index (χ3n) is 4.59. The van der Waals surface area contributed by atoms with Gasteiger partial charge in [-0.3, -0.25) is 0 Å². The minimum absolute atomic E-state index is 0.454. The summed E-state index contributed by atoms with van der Waals surface area (Å²) in [5, 5.41) is 3.53. The van der Waals surface area contributed by atoms with E-state index < -0.39 is 0 Å². The van der Waals surface area contributed by atoms with Crippen LogP contribution in [0.4, 0.5) is 0 Å². The number of thioether (sulfide) groups is 1. The molecule has 154 valence electrons. The first-order valence-electron chi connectivity index (χ1n) is 10.3. The van der Waals surface area contributed by atoms with Crippen LogP contribution in [0.25, 0.3) is 0 Å². The fraction of sp³-hybridized carbons (Fsp3) is 0.600. The largest absolute Gasteiger partial charge is 0.385 e. The van der Waals surface area contributed by atoms with E-state index in [1.165, 1.54) is 36.0 Å². The van der Waals surface area contributed by atoms with Crippen LogP contribution < -0.4 is 5.32 Å². The summed E-state index contributed by atoms with van der Waals surface area (Å²) in [5.74, 6) is 2.65. The summed E-state index contributed by atoms with van der Waals surface area (Å²) in [6, 6.07) is 0.454. The van der Waals surface area contributed by atoms with Gasteiger partial charge in [-0.2, -0.15) is 11.8 Å². The van der Waals surface area contributed by atoms with Gasteiger partial charge in [-0.25, -0.2) is 0 Å². The lowest BCUT2D eigenvalue weighted by Crippen LogP contribution is -2.29. The molecule has 0 fully saturated rings. The maximum atomic E-state index is 4.16. The number of allylic oxidation sites excluding steroid dienone is 7. The van der Waals surface area contributed by atoms with Crippen molar-refractivity contribution < 1.29 is 0 Å². The summed E-state index contributed by atoms with van der Waals surface area (Å²) in [7, 11) is 0. The lowest BCUT2D eigenvalue weighted by atomic mass is 10.0. The van der Waals surface area contributed by atoms with Gasteiger partial charge in [0.1, 0.15) is 0 Å². The standard InChI is InChI=1S/C25H43NS/c1-9-12-23(6)25(8)26-24(7)19-27-18-17-22(5)16-11-15-21(4)14-10-13-20(2)3/h9,13,15,17,23-24,26H,1,8,10-12,14,16,18-19H2,2-7H3/b21-15+,22-17+.